The smallest absolute Gasteiger partial charge is 0.246 e. The van der Waals surface area contributed by atoms with Gasteiger partial charge in [0.25, 0.3) is 0 Å². The largest absolute Gasteiger partial charge is 0.340 e. The molecule has 1 aliphatic rings. The van der Waals surface area contributed by atoms with Crippen LogP contribution in [0, 0.1) is 0 Å². The lowest BCUT2D eigenvalue weighted by Gasteiger charge is -2.18. The van der Waals surface area contributed by atoms with Crippen LogP contribution < -0.4 is 0 Å². The van der Waals surface area contributed by atoms with Crippen LogP contribution in [0.3, 0.4) is 0 Å². The molecule has 0 bridgehead atoms. The lowest BCUT2D eigenvalue weighted by molar-refractivity contribution is -0.125. The zero-order valence-corrected chi connectivity index (χ0v) is 12.8. The molecule has 1 aromatic carbocycles. The van der Waals surface area contributed by atoms with Gasteiger partial charge in [0.2, 0.25) is 5.91 Å². The highest BCUT2D eigenvalue weighted by Crippen LogP contribution is 2.34. The van der Waals surface area contributed by atoms with Crippen LogP contribution in [-0.4, -0.2) is 23.9 Å². The molecule has 2 rings (SSSR count). The number of aryl methyl sites for hydroxylation is 1. The molecule has 0 heterocycles. The number of halogens is 1. The molecule has 1 amide bonds. The number of benzene rings is 1. The van der Waals surface area contributed by atoms with Gasteiger partial charge >= 0.3 is 0 Å². The average Bonchev–Trinajstić information content (AvgIpc) is 2.48. The SMILES string of the molecule is CCN(CC)C(=O)/C=C/C1=C(Cl)c2ccccc2CC1. The van der Waals surface area contributed by atoms with Crippen LogP contribution >= 0.6 is 11.6 Å². The first-order valence-electron chi connectivity index (χ1n) is 7.11. The molecule has 0 aromatic heterocycles. The molecule has 2 nitrogen and oxygen atoms in total. The number of carbonyl (C=O) groups excluding carboxylic acids is 1. The Morgan fingerprint density at radius 2 is 1.95 bits per heavy atom. The molecule has 0 fully saturated rings. The molecule has 1 aliphatic carbocycles. The summed E-state index contributed by atoms with van der Waals surface area (Å²) in [4.78, 5) is 13.8. The third kappa shape index (κ3) is 3.13. The Morgan fingerprint density at radius 1 is 1.25 bits per heavy atom. The van der Waals surface area contributed by atoms with Crippen LogP contribution in [0.1, 0.15) is 31.4 Å². The molecular formula is C17H20ClNO. The first-order chi connectivity index (χ1) is 9.67. The first-order valence-corrected chi connectivity index (χ1v) is 7.49. The van der Waals surface area contributed by atoms with Crippen molar-refractivity contribution in [2.45, 2.75) is 26.7 Å². The second kappa shape index (κ2) is 6.76. The number of nitrogens with zero attached hydrogens (tertiary/aromatic N) is 1. The van der Waals surface area contributed by atoms with E-state index in [1.807, 2.05) is 38.1 Å². The summed E-state index contributed by atoms with van der Waals surface area (Å²) in [6.45, 7) is 5.43. The van der Waals surface area contributed by atoms with E-state index in [1.165, 1.54) is 5.56 Å². The second-order valence-electron chi connectivity index (χ2n) is 4.84. The Hall–Kier alpha value is -1.54. The maximum atomic E-state index is 12.0. The normalized spacial score (nSPS) is 14.6. The maximum absolute atomic E-state index is 12.0. The molecule has 0 spiro atoms. The number of amides is 1. The number of rotatable bonds is 4. The summed E-state index contributed by atoms with van der Waals surface area (Å²) < 4.78 is 0. The molecule has 0 saturated heterocycles. The minimum atomic E-state index is 0.0471. The molecular weight excluding hydrogens is 270 g/mol. The molecule has 0 saturated carbocycles. The molecule has 0 unspecified atom stereocenters. The monoisotopic (exact) mass is 289 g/mol. The van der Waals surface area contributed by atoms with E-state index in [0.29, 0.717) is 0 Å². The standard InChI is InChI=1S/C17H20ClNO/c1-3-19(4-2)16(20)12-11-14-10-9-13-7-5-6-8-15(13)17(14)18/h5-8,11-12H,3-4,9-10H2,1-2H3/b12-11+. The molecule has 106 valence electrons. The topological polar surface area (TPSA) is 20.3 Å². The van der Waals surface area contributed by atoms with Crippen LogP contribution in [0.25, 0.3) is 5.03 Å². The number of hydrogen-bond donors (Lipinski definition) is 0. The summed E-state index contributed by atoms with van der Waals surface area (Å²) >= 11 is 6.45. The third-order valence-corrected chi connectivity index (χ3v) is 4.15. The van der Waals surface area contributed by atoms with Crippen LogP contribution in [0.5, 0.6) is 0 Å². The Morgan fingerprint density at radius 3 is 2.65 bits per heavy atom. The fourth-order valence-corrected chi connectivity index (χ4v) is 2.82. The van der Waals surface area contributed by atoms with Crippen molar-refractivity contribution in [1.29, 1.82) is 0 Å². The van der Waals surface area contributed by atoms with Crippen molar-refractivity contribution in [1.82, 2.24) is 4.90 Å². The maximum Gasteiger partial charge on any atom is 0.246 e. The average molecular weight is 290 g/mol. The highest BCUT2D eigenvalue weighted by molar-refractivity contribution is 6.49. The molecule has 0 aliphatic heterocycles. The summed E-state index contributed by atoms with van der Waals surface area (Å²) in [6, 6.07) is 8.18. The number of fused-ring (bicyclic) bond motifs is 1. The zero-order chi connectivity index (χ0) is 14.5. The number of hydrogen-bond acceptors (Lipinski definition) is 1. The van der Waals surface area contributed by atoms with Crippen LogP contribution in [0.2, 0.25) is 0 Å². The minimum absolute atomic E-state index is 0.0471. The van der Waals surface area contributed by atoms with E-state index in [9.17, 15) is 4.79 Å². The highest BCUT2D eigenvalue weighted by atomic mass is 35.5. The van der Waals surface area contributed by atoms with Gasteiger partial charge in [0.05, 0.1) is 5.03 Å². The molecule has 3 heteroatoms. The highest BCUT2D eigenvalue weighted by Gasteiger charge is 2.15. The van der Waals surface area contributed by atoms with Crippen molar-refractivity contribution < 1.29 is 4.79 Å². The van der Waals surface area contributed by atoms with Crippen LogP contribution in [0.4, 0.5) is 0 Å². The van der Waals surface area contributed by atoms with E-state index in [1.54, 1.807) is 11.0 Å². The number of carbonyl (C=O) groups is 1. The zero-order valence-electron chi connectivity index (χ0n) is 12.0. The summed E-state index contributed by atoms with van der Waals surface area (Å²) in [5.41, 5.74) is 3.42. The predicted octanol–water partition coefficient (Wildman–Crippen LogP) is 4.01. The molecule has 0 radical (unpaired) electrons. The third-order valence-electron chi connectivity index (χ3n) is 3.70. The minimum Gasteiger partial charge on any atom is -0.340 e. The second-order valence-corrected chi connectivity index (χ2v) is 5.22. The van der Waals surface area contributed by atoms with Crippen molar-refractivity contribution in [3.05, 3.63) is 53.1 Å². The molecule has 0 N–H and O–H groups in total. The summed E-state index contributed by atoms with van der Waals surface area (Å²) in [7, 11) is 0. The van der Waals surface area contributed by atoms with Gasteiger partial charge in [0.1, 0.15) is 0 Å². The Balaban J connectivity index is 2.20. The van der Waals surface area contributed by atoms with Crippen LogP contribution in [0.15, 0.2) is 42.0 Å². The van der Waals surface area contributed by atoms with E-state index in [0.717, 1.165) is 42.1 Å². The van der Waals surface area contributed by atoms with E-state index in [4.69, 9.17) is 11.6 Å². The van der Waals surface area contributed by atoms with Gasteiger partial charge in [-0.1, -0.05) is 41.9 Å². The fourth-order valence-electron chi connectivity index (χ4n) is 2.47. The Labute approximate surface area is 125 Å². The van der Waals surface area contributed by atoms with Gasteiger partial charge in [0, 0.05) is 19.2 Å². The van der Waals surface area contributed by atoms with Crippen molar-refractivity contribution in [2.75, 3.05) is 13.1 Å². The van der Waals surface area contributed by atoms with Gasteiger partial charge in [-0.05, 0) is 43.4 Å². The lowest BCUT2D eigenvalue weighted by Crippen LogP contribution is -2.28. The van der Waals surface area contributed by atoms with Crippen molar-refractivity contribution in [2.24, 2.45) is 0 Å². The predicted molar refractivity (Wildman–Crippen MR) is 84.6 cm³/mol. The Bertz CT molecular complexity index is 556. The van der Waals surface area contributed by atoms with Crippen molar-refractivity contribution in [3.8, 4) is 0 Å². The fraction of sp³-hybridized carbons (Fsp3) is 0.353. The van der Waals surface area contributed by atoms with E-state index < -0.39 is 0 Å². The summed E-state index contributed by atoms with van der Waals surface area (Å²) in [5, 5.41) is 0.774. The lowest BCUT2D eigenvalue weighted by atomic mass is 9.92. The molecule has 20 heavy (non-hydrogen) atoms. The Kier molecular flexibility index (Phi) is 5.02. The van der Waals surface area contributed by atoms with Gasteiger partial charge in [-0.15, -0.1) is 0 Å². The quantitative estimate of drug-likeness (QED) is 0.767. The first kappa shape index (κ1) is 14.9. The number of allylic oxidation sites excluding steroid dienone is 2. The van der Waals surface area contributed by atoms with Gasteiger partial charge in [-0.2, -0.15) is 0 Å². The van der Waals surface area contributed by atoms with Crippen molar-refractivity contribution >= 4 is 22.5 Å². The van der Waals surface area contributed by atoms with E-state index >= 15 is 0 Å². The summed E-state index contributed by atoms with van der Waals surface area (Å²) in [6.07, 6.45) is 5.38. The van der Waals surface area contributed by atoms with Gasteiger partial charge in [-0.25, -0.2) is 0 Å². The van der Waals surface area contributed by atoms with Crippen molar-refractivity contribution in [3.63, 3.8) is 0 Å². The van der Waals surface area contributed by atoms with Gasteiger partial charge < -0.3 is 4.90 Å². The van der Waals surface area contributed by atoms with E-state index in [-0.39, 0.29) is 5.91 Å². The van der Waals surface area contributed by atoms with E-state index in [2.05, 4.69) is 6.07 Å². The van der Waals surface area contributed by atoms with Crippen LogP contribution in [-0.2, 0) is 11.2 Å². The molecule has 0 atom stereocenters. The molecule has 1 aromatic rings. The number of likely N-dealkylation sites (N-methyl/N-ethyl adjacent to an activating group) is 1. The van der Waals surface area contributed by atoms with Gasteiger partial charge in [-0.3, -0.25) is 4.79 Å². The van der Waals surface area contributed by atoms with Gasteiger partial charge in [0.15, 0.2) is 0 Å². The summed E-state index contributed by atoms with van der Waals surface area (Å²) in [5.74, 6) is 0.0471.